The van der Waals surface area contributed by atoms with Crippen molar-refractivity contribution in [2.24, 2.45) is 11.7 Å². The topological polar surface area (TPSA) is 102 Å². The molecule has 9 heteroatoms. The van der Waals surface area contributed by atoms with Gasteiger partial charge in [-0.05, 0) is 38.0 Å². The molecule has 0 atom stereocenters. The molecule has 1 saturated heterocycles. The number of fused-ring (bicyclic) bond motifs is 1. The quantitative estimate of drug-likeness (QED) is 0.867. The van der Waals surface area contributed by atoms with Gasteiger partial charge in [-0.3, -0.25) is 14.2 Å². The predicted molar refractivity (Wildman–Crippen MR) is 92.4 cm³/mol. The SMILES string of the molecule is CCn1c(=O)sc2cc(S(=O)(=O)N3CCC(C(N)=O)CC3)ccc21. The number of nitrogens with zero attached hydrogens (tertiary/aromatic N) is 2. The van der Waals surface area contributed by atoms with Gasteiger partial charge in [-0.25, -0.2) is 8.42 Å². The molecule has 1 aromatic heterocycles. The first-order valence-corrected chi connectivity index (χ1v) is 10.0. The normalized spacial score (nSPS) is 17.4. The van der Waals surface area contributed by atoms with E-state index in [9.17, 15) is 18.0 Å². The van der Waals surface area contributed by atoms with E-state index in [0.29, 0.717) is 24.1 Å². The molecule has 3 rings (SSSR count). The highest BCUT2D eigenvalue weighted by molar-refractivity contribution is 7.89. The zero-order chi connectivity index (χ0) is 17.5. The molecule has 2 aromatic rings. The number of sulfonamides is 1. The van der Waals surface area contributed by atoms with Gasteiger partial charge < -0.3 is 5.73 Å². The van der Waals surface area contributed by atoms with E-state index in [2.05, 4.69) is 0 Å². The van der Waals surface area contributed by atoms with E-state index in [1.54, 1.807) is 16.7 Å². The minimum absolute atomic E-state index is 0.0932. The lowest BCUT2D eigenvalue weighted by Crippen LogP contribution is -2.41. The Morgan fingerprint density at radius 3 is 2.58 bits per heavy atom. The van der Waals surface area contributed by atoms with Crippen LogP contribution in [-0.2, 0) is 21.4 Å². The summed E-state index contributed by atoms with van der Waals surface area (Å²) in [5, 5.41) is 0. The predicted octanol–water partition coefficient (Wildman–Crippen LogP) is 0.969. The number of carbonyl (C=O) groups excluding carboxylic acids is 1. The van der Waals surface area contributed by atoms with Crippen molar-refractivity contribution in [3.63, 3.8) is 0 Å². The number of hydrogen-bond donors (Lipinski definition) is 1. The molecule has 0 unspecified atom stereocenters. The van der Waals surface area contributed by atoms with Crippen LogP contribution in [0.5, 0.6) is 0 Å². The lowest BCUT2D eigenvalue weighted by Gasteiger charge is -2.29. The smallest absolute Gasteiger partial charge is 0.308 e. The molecule has 1 fully saturated rings. The molecule has 7 nitrogen and oxygen atoms in total. The molecule has 0 radical (unpaired) electrons. The van der Waals surface area contributed by atoms with Crippen LogP contribution in [0.25, 0.3) is 10.2 Å². The largest absolute Gasteiger partial charge is 0.369 e. The fourth-order valence-electron chi connectivity index (χ4n) is 3.04. The molecule has 130 valence electrons. The molecule has 2 heterocycles. The number of carbonyl (C=O) groups is 1. The third-order valence-corrected chi connectivity index (χ3v) is 7.29. The average molecular weight is 369 g/mol. The number of piperidine rings is 1. The Balaban J connectivity index is 1.92. The third-order valence-electron chi connectivity index (χ3n) is 4.45. The van der Waals surface area contributed by atoms with E-state index in [-0.39, 0.29) is 34.7 Å². The first-order valence-electron chi connectivity index (χ1n) is 7.77. The number of hydrogen-bond acceptors (Lipinski definition) is 5. The van der Waals surface area contributed by atoms with Crippen LogP contribution in [0.4, 0.5) is 0 Å². The Labute approximate surface area is 143 Å². The molecule has 1 aliphatic rings. The first kappa shape index (κ1) is 17.1. The van der Waals surface area contributed by atoms with Crippen LogP contribution in [0.1, 0.15) is 19.8 Å². The van der Waals surface area contributed by atoms with Crippen molar-refractivity contribution in [1.29, 1.82) is 0 Å². The Morgan fingerprint density at radius 1 is 1.33 bits per heavy atom. The maximum atomic E-state index is 12.8. The summed E-state index contributed by atoms with van der Waals surface area (Å²) < 4.78 is 29.3. The first-order chi connectivity index (χ1) is 11.3. The molecule has 0 saturated carbocycles. The summed E-state index contributed by atoms with van der Waals surface area (Å²) >= 11 is 1.05. The summed E-state index contributed by atoms with van der Waals surface area (Å²) in [6.07, 6.45) is 0.882. The summed E-state index contributed by atoms with van der Waals surface area (Å²) in [6, 6.07) is 4.78. The number of thiazole rings is 1. The number of amides is 1. The lowest BCUT2D eigenvalue weighted by atomic mass is 9.98. The second-order valence-electron chi connectivity index (χ2n) is 5.82. The average Bonchev–Trinajstić information content (AvgIpc) is 2.88. The van der Waals surface area contributed by atoms with E-state index in [1.807, 2.05) is 6.92 Å². The minimum atomic E-state index is -3.64. The number of nitrogens with two attached hydrogens (primary N) is 1. The van der Waals surface area contributed by atoms with Gasteiger partial charge in [-0.2, -0.15) is 4.31 Å². The number of benzene rings is 1. The number of rotatable bonds is 4. The van der Waals surface area contributed by atoms with E-state index in [1.165, 1.54) is 10.4 Å². The van der Waals surface area contributed by atoms with Crippen LogP contribution in [0, 0.1) is 5.92 Å². The molecular formula is C15H19N3O4S2. The van der Waals surface area contributed by atoms with Crippen molar-refractivity contribution < 1.29 is 13.2 Å². The number of aryl methyl sites for hydroxylation is 1. The minimum Gasteiger partial charge on any atom is -0.369 e. The van der Waals surface area contributed by atoms with Crippen LogP contribution >= 0.6 is 11.3 Å². The highest BCUT2D eigenvalue weighted by Crippen LogP contribution is 2.27. The van der Waals surface area contributed by atoms with Gasteiger partial charge in [0.1, 0.15) is 0 Å². The fraction of sp³-hybridized carbons (Fsp3) is 0.467. The third kappa shape index (κ3) is 2.87. The molecule has 2 N–H and O–H groups in total. The van der Waals surface area contributed by atoms with Crippen molar-refractivity contribution in [3.8, 4) is 0 Å². The summed E-state index contributed by atoms with van der Waals surface area (Å²) in [4.78, 5) is 23.2. The molecule has 0 bridgehead atoms. The van der Waals surface area contributed by atoms with Crippen molar-refractivity contribution in [2.75, 3.05) is 13.1 Å². The highest BCUT2D eigenvalue weighted by atomic mass is 32.2. The standard InChI is InChI=1S/C15H19N3O4S2/c1-2-18-12-4-3-11(9-13(12)23-15(18)20)24(21,22)17-7-5-10(6-8-17)14(16)19/h3-4,9-10H,2,5-8H2,1H3,(H2,16,19). The molecule has 0 aliphatic carbocycles. The van der Waals surface area contributed by atoms with Crippen molar-refractivity contribution in [1.82, 2.24) is 8.87 Å². The number of primary amides is 1. The molecule has 1 aromatic carbocycles. The molecule has 1 aliphatic heterocycles. The maximum absolute atomic E-state index is 12.8. The van der Waals surface area contributed by atoms with E-state index in [4.69, 9.17) is 5.73 Å². The van der Waals surface area contributed by atoms with Gasteiger partial charge in [0.05, 0.1) is 15.1 Å². The second-order valence-corrected chi connectivity index (χ2v) is 8.75. The summed E-state index contributed by atoms with van der Waals surface area (Å²) in [5.41, 5.74) is 6.04. The van der Waals surface area contributed by atoms with E-state index >= 15 is 0 Å². The summed E-state index contributed by atoms with van der Waals surface area (Å²) in [6.45, 7) is 2.98. The van der Waals surface area contributed by atoms with Gasteiger partial charge in [0.2, 0.25) is 15.9 Å². The van der Waals surface area contributed by atoms with E-state index < -0.39 is 10.0 Å². The van der Waals surface area contributed by atoms with Gasteiger partial charge in [0, 0.05) is 25.6 Å². The van der Waals surface area contributed by atoms with Gasteiger partial charge in [0.25, 0.3) is 0 Å². The highest BCUT2D eigenvalue weighted by Gasteiger charge is 2.31. The Kier molecular flexibility index (Phi) is 4.50. The van der Waals surface area contributed by atoms with Crippen LogP contribution in [-0.4, -0.2) is 36.3 Å². The monoisotopic (exact) mass is 369 g/mol. The van der Waals surface area contributed by atoms with Gasteiger partial charge in [0.15, 0.2) is 0 Å². The van der Waals surface area contributed by atoms with Gasteiger partial charge in [-0.1, -0.05) is 11.3 Å². The summed E-state index contributed by atoms with van der Waals surface area (Å²) in [5.74, 6) is -0.637. The van der Waals surface area contributed by atoms with Crippen molar-refractivity contribution in [2.45, 2.75) is 31.2 Å². The van der Waals surface area contributed by atoms with Crippen LogP contribution in [0.2, 0.25) is 0 Å². The summed E-state index contributed by atoms with van der Waals surface area (Å²) in [7, 11) is -3.64. The lowest BCUT2D eigenvalue weighted by molar-refractivity contribution is -0.122. The molecule has 1 amide bonds. The van der Waals surface area contributed by atoms with Gasteiger partial charge in [-0.15, -0.1) is 0 Å². The van der Waals surface area contributed by atoms with Crippen molar-refractivity contribution >= 4 is 37.5 Å². The zero-order valence-electron chi connectivity index (χ0n) is 13.3. The Morgan fingerprint density at radius 2 is 2.00 bits per heavy atom. The van der Waals surface area contributed by atoms with Crippen LogP contribution in [0.3, 0.4) is 0 Å². The molecule has 0 spiro atoms. The molecule has 24 heavy (non-hydrogen) atoms. The zero-order valence-corrected chi connectivity index (χ0v) is 14.9. The maximum Gasteiger partial charge on any atom is 0.308 e. The molecular weight excluding hydrogens is 350 g/mol. The second kappa shape index (κ2) is 6.30. The number of aromatic nitrogens is 1. The van der Waals surface area contributed by atoms with Crippen LogP contribution < -0.4 is 10.6 Å². The van der Waals surface area contributed by atoms with Gasteiger partial charge >= 0.3 is 4.87 Å². The van der Waals surface area contributed by atoms with Crippen molar-refractivity contribution in [3.05, 3.63) is 27.9 Å². The Bertz CT molecular complexity index is 937. The van der Waals surface area contributed by atoms with Crippen LogP contribution in [0.15, 0.2) is 27.9 Å². The fourth-order valence-corrected chi connectivity index (χ4v) is 5.60. The van der Waals surface area contributed by atoms with E-state index in [0.717, 1.165) is 16.9 Å². The Hall–Kier alpha value is -1.71.